The predicted molar refractivity (Wildman–Crippen MR) is 131 cm³/mol. The predicted octanol–water partition coefficient (Wildman–Crippen LogP) is 2.81. The summed E-state index contributed by atoms with van der Waals surface area (Å²) in [5.74, 6) is -0.168. The second kappa shape index (κ2) is 8.99. The summed E-state index contributed by atoms with van der Waals surface area (Å²) >= 11 is 0. The molecular weight excluding hydrogens is 438 g/mol. The van der Waals surface area contributed by atoms with Crippen molar-refractivity contribution >= 4 is 27.3 Å². The van der Waals surface area contributed by atoms with Gasteiger partial charge in [0.1, 0.15) is 0 Å². The van der Waals surface area contributed by atoms with Crippen molar-refractivity contribution in [1.29, 1.82) is 0 Å². The third-order valence-corrected chi connectivity index (χ3v) is 8.29. The monoisotopic (exact) mass is 471 g/mol. The molecule has 1 fully saturated rings. The Balaban J connectivity index is 1.36. The molecule has 2 aromatic carbocycles. The third kappa shape index (κ3) is 4.73. The number of benzene rings is 2. The first-order valence-electron chi connectivity index (χ1n) is 11.4. The van der Waals surface area contributed by atoms with Crippen LogP contribution < -0.4 is 14.5 Å². The molecule has 0 bridgehead atoms. The molecule has 0 radical (unpaired) electrons. The van der Waals surface area contributed by atoms with Crippen LogP contribution in [0.25, 0.3) is 0 Å². The van der Waals surface area contributed by atoms with Crippen LogP contribution in [0.3, 0.4) is 0 Å². The number of nitrogens with one attached hydrogen (secondary N) is 1. The summed E-state index contributed by atoms with van der Waals surface area (Å²) in [7, 11) is 0.573. The summed E-state index contributed by atoms with van der Waals surface area (Å²) in [4.78, 5) is 14.8. The molecule has 178 valence electrons. The van der Waals surface area contributed by atoms with Gasteiger partial charge in [-0.15, -0.1) is 0 Å². The van der Waals surface area contributed by atoms with E-state index >= 15 is 0 Å². The number of anilines is 2. The van der Waals surface area contributed by atoms with Gasteiger partial charge in [0.2, 0.25) is 15.9 Å². The lowest BCUT2D eigenvalue weighted by atomic mass is 9.67. The lowest BCUT2D eigenvalue weighted by Gasteiger charge is -2.37. The smallest absolute Gasteiger partial charge is 0.232 e. The topological polar surface area (TPSA) is 89.9 Å². The number of sulfonamides is 1. The van der Waals surface area contributed by atoms with E-state index in [0.29, 0.717) is 19.4 Å². The quantitative estimate of drug-likeness (QED) is 0.676. The zero-order chi connectivity index (χ0) is 23.8. The maximum Gasteiger partial charge on any atom is 0.232 e. The fraction of sp³-hybridized carbons (Fsp3) is 0.480. The molecule has 7 nitrogen and oxygen atoms in total. The van der Waals surface area contributed by atoms with Crippen LogP contribution in [0.5, 0.6) is 0 Å². The minimum absolute atomic E-state index is 0.0416. The fourth-order valence-corrected chi connectivity index (χ4v) is 6.19. The van der Waals surface area contributed by atoms with Crippen LogP contribution in [0, 0.1) is 5.92 Å². The Kier molecular flexibility index (Phi) is 6.42. The molecule has 1 spiro atoms. The molecule has 0 aromatic heterocycles. The average Bonchev–Trinajstić information content (AvgIpc) is 3.12. The van der Waals surface area contributed by atoms with Crippen LogP contribution in [0.15, 0.2) is 48.5 Å². The molecule has 1 saturated carbocycles. The van der Waals surface area contributed by atoms with Crippen molar-refractivity contribution in [3.8, 4) is 0 Å². The van der Waals surface area contributed by atoms with Gasteiger partial charge in [0.25, 0.3) is 0 Å². The molecule has 1 amide bonds. The van der Waals surface area contributed by atoms with Gasteiger partial charge < -0.3 is 15.3 Å². The Morgan fingerprint density at radius 3 is 2.39 bits per heavy atom. The number of para-hydroxylation sites is 1. The van der Waals surface area contributed by atoms with Gasteiger partial charge in [-0.05, 0) is 55.0 Å². The number of hydrogen-bond acceptors (Lipinski definition) is 5. The van der Waals surface area contributed by atoms with Gasteiger partial charge in [0, 0.05) is 44.2 Å². The molecule has 33 heavy (non-hydrogen) atoms. The van der Waals surface area contributed by atoms with Gasteiger partial charge in [-0.3, -0.25) is 9.10 Å². The highest BCUT2D eigenvalue weighted by atomic mass is 32.2. The van der Waals surface area contributed by atoms with Gasteiger partial charge in [-0.1, -0.05) is 30.3 Å². The summed E-state index contributed by atoms with van der Waals surface area (Å²) in [6.07, 6.45) is 3.42. The Morgan fingerprint density at radius 2 is 1.79 bits per heavy atom. The summed E-state index contributed by atoms with van der Waals surface area (Å²) in [6, 6.07) is 15.4. The molecule has 0 saturated heterocycles. The van der Waals surface area contributed by atoms with Crippen molar-refractivity contribution in [3.63, 3.8) is 0 Å². The van der Waals surface area contributed by atoms with Crippen molar-refractivity contribution in [1.82, 2.24) is 5.32 Å². The van der Waals surface area contributed by atoms with Crippen molar-refractivity contribution in [3.05, 3.63) is 59.7 Å². The van der Waals surface area contributed by atoms with Crippen LogP contribution in [-0.4, -0.2) is 52.9 Å². The highest BCUT2D eigenvalue weighted by Gasteiger charge is 2.47. The van der Waals surface area contributed by atoms with Crippen LogP contribution in [0.4, 0.5) is 11.4 Å². The number of hydrogen-bond donors (Lipinski definition) is 2. The number of aliphatic hydroxyl groups is 1. The van der Waals surface area contributed by atoms with Gasteiger partial charge in [0.05, 0.1) is 18.0 Å². The van der Waals surface area contributed by atoms with E-state index in [9.17, 15) is 18.3 Å². The molecule has 2 aromatic rings. The Labute approximate surface area is 196 Å². The number of amides is 1. The van der Waals surface area contributed by atoms with E-state index in [2.05, 4.69) is 5.32 Å². The standard InChI is InChI=1S/C25H33N3O4S/c1-27(2)20-10-8-18(9-11-20)23(29)16-26-24(30)19-12-14-25(15-13-19)17-28(33(3,31)32)22-7-5-4-6-21(22)25/h4-11,19,23,29H,12-17H2,1-3H3,(H,26,30)/t19-,23?,25-. The fourth-order valence-electron chi connectivity index (χ4n) is 5.19. The van der Waals surface area contributed by atoms with Crippen molar-refractivity contribution in [2.45, 2.75) is 37.2 Å². The van der Waals surface area contributed by atoms with E-state index < -0.39 is 16.1 Å². The second-order valence-electron chi connectivity index (χ2n) is 9.59. The van der Waals surface area contributed by atoms with E-state index in [0.717, 1.165) is 35.3 Å². The van der Waals surface area contributed by atoms with Crippen LogP contribution >= 0.6 is 0 Å². The Morgan fingerprint density at radius 1 is 1.15 bits per heavy atom. The van der Waals surface area contributed by atoms with Crippen molar-refractivity contribution in [2.75, 3.05) is 42.6 Å². The molecule has 2 aliphatic rings. The van der Waals surface area contributed by atoms with Crippen LogP contribution in [0.2, 0.25) is 0 Å². The average molecular weight is 472 g/mol. The summed E-state index contributed by atoms with van der Waals surface area (Å²) in [6.45, 7) is 0.619. The number of aliphatic hydroxyl groups excluding tert-OH is 1. The lowest BCUT2D eigenvalue weighted by molar-refractivity contribution is -0.126. The molecule has 1 atom stereocenters. The maximum atomic E-state index is 12.8. The minimum atomic E-state index is -3.35. The summed E-state index contributed by atoms with van der Waals surface area (Å²) in [5, 5.41) is 13.4. The van der Waals surface area contributed by atoms with Gasteiger partial charge in [-0.2, -0.15) is 0 Å². The number of nitrogens with zero attached hydrogens (tertiary/aromatic N) is 2. The highest BCUT2D eigenvalue weighted by Crippen LogP contribution is 2.50. The maximum absolute atomic E-state index is 12.8. The zero-order valence-corrected chi connectivity index (χ0v) is 20.3. The Hall–Kier alpha value is -2.58. The molecule has 1 unspecified atom stereocenters. The first-order valence-corrected chi connectivity index (χ1v) is 13.3. The van der Waals surface area contributed by atoms with Gasteiger partial charge in [0.15, 0.2) is 0 Å². The SMILES string of the molecule is CN(C)c1ccc(C(O)CNC(=O)[C@H]2CC[C@]3(CC2)CN(S(C)(=O)=O)c2ccccc23)cc1. The number of carbonyl (C=O) groups excluding carboxylic acids is 1. The van der Waals surface area contributed by atoms with Crippen molar-refractivity contribution in [2.24, 2.45) is 5.92 Å². The molecule has 1 aliphatic heterocycles. The van der Waals surface area contributed by atoms with Gasteiger partial charge in [-0.25, -0.2) is 8.42 Å². The van der Waals surface area contributed by atoms with E-state index in [4.69, 9.17) is 0 Å². The largest absolute Gasteiger partial charge is 0.387 e. The highest BCUT2D eigenvalue weighted by molar-refractivity contribution is 7.92. The number of fused-ring (bicyclic) bond motifs is 2. The lowest BCUT2D eigenvalue weighted by Crippen LogP contribution is -2.42. The van der Waals surface area contributed by atoms with E-state index in [-0.39, 0.29) is 23.8 Å². The molecular formula is C25H33N3O4S. The third-order valence-electron chi connectivity index (χ3n) is 7.17. The number of carbonyl (C=O) groups is 1. The van der Waals surface area contributed by atoms with Gasteiger partial charge >= 0.3 is 0 Å². The van der Waals surface area contributed by atoms with E-state index in [1.54, 1.807) is 0 Å². The second-order valence-corrected chi connectivity index (χ2v) is 11.5. The molecule has 8 heteroatoms. The van der Waals surface area contributed by atoms with Crippen molar-refractivity contribution < 1.29 is 18.3 Å². The summed E-state index contributed by atoms with van der Waals surface area (Å²) in [5.41, 5.74) is 3.43. The molecule has 4 rings (SSSR count). The van der Waals surface area contributed by atoms with E-state index in [1.807, 2.05) is 67.5 Å². The Bertz CT molecular complexity index is 1110. The first kappa shape index (κ1) is 23.6. The molecule has 1 heterocycles. The molecule has 2 N–H and O–H groups in total. The van der Waals surface area contributed by atoms with Crippen LogP contribution in [0.1, 0.15) is 42.9 Å². The molecule has 1 aliphatic carbocycles. The van der Waals surface area contributed by atoms with Crippen LogP contribution in [-0.2, 0) is 20.2 Å². The minimum Gasteiger partial charge on any atom is -0.387 e. The normalized spacial score (nSPS) is 23.3. The first-order chi connectivity index (χ1) is 15.6. The number of rotatable bonds is 6. The van der Waals surface area contributed by atoms with E-state index in [1.165, 1.54) is 10.6 Å². The summed E-state index contributed by atoms with van der Waals surface area (Å²) < 4.78 is 26.2. The zero-order valence-electron chi connectivity index (χ0n) is 19.5.